The molecule has 158 valence electrons. The van der Waals surface area contributed by atoms with Crippen molar-refractivity contribution in [2.45, 2.75) is 0 Å². The van der Waals surface area contributed by atoms with Crippen molar-refractivity contribution < 1.29 is 14.2 Å². The molecule has 31 heavy (non-hydrogen) atoms. The van der Waals surface area contributed by atoms with Gasteiger partial charge in [-0.25, -0.2) is 0 Å². The fraction of sp³-hybridized carbons (Fsp3) is 0.160. The second-order valence-corrected chi connectivity index (χ2v) is 6.98. The van der Waals surface area contributed by atoms with E-state index in [1.165, 1.54) is 5.39 Å². The van der Waals surface area contributed by atoms with Crippen LogP contribution in [0.2, 0.25) is 0 Å². The van der Waals surface area contributed by atoms with Gasteiger partial charge in [-0.2, -0.15) is 5.10 Å². The highest BCUT2D eigenvalue weighted by atomic mass is 16.5. The SMILES string of the molecule is COCCOc1ccc(C=Cc2cc(C=Cc3ccc4cc[nH]c4c3)n[nH]2)c(OC)c1. The molecule has 0 aliphatic carbocycles. The van der Waals surface area contributed by atoms with Crippen LogP contribution in [-0.4, -0.2) is 42.6 Å². The van der Waals surface area contributed by atoms with Crippen LogP contribution in [0.5, 0.6) is 11.5 Å². The van der Waals surface area contributed by atoms with Crippen molar-refractivity contribution in [2.24, 2.45) is 0 Å². The summed E-state index contributed by atoms with van der Waals surface area (Å²) in [5, 5.41) is 8.61. The molecule has 0 saturated carbocycles. The predicted octanol–water partition coefficient (Wildman–Crippen LogP) is 5.27. The third-order valence-electron chi connectivity index (χ3n) is 4.85. The maximum atomic E-state index is 5.64. The number of ether oxygens (including phenoxy) is 3. The van der Waals surface area contributed by atoms with E-state index in [1.807, 2.05) is 48.7 Å². The van der Waals surface area contributed by atoms with Gasteiger partial charge in [0.15, 0.2) is 0 Å². The molecule has 6 heteroatoms. The molecule has 0 aliphatic heterocycles. The summed E-state index contributed by atoms with van der Waals surface area (Å²) in [5.41, 5.74) is 4.96. The van der Waals surface area contributed by atoms with E-state index < -0.39 is 0 Å². The molecular formula is C25H25N3O3. The van der Waals surface area contributed by atoms with E-state index in [0.29, 0.717) is 13.2 Å². The number of aromatic nitrogens is 3. The average molecular weight is 415 g/mol. The van der Waals surface area contributed by atoms with Crippen LogP contribution >= 0.6 is 0 Å². The number of fused-ring (bicyclic) bond motifs is 1. The zero-order chi connectivity index (χ0) is 21.5. The minimum Gasteiger partial charge on any atom is -0.496 e. The first kappa shape index (κ1) is 20.5. The molecule has 0 fully saturated rings. The molecular weight excluding hydrogens is 390 g/mol. The topological polar surface area (TPSA) is 72.2 Å². The Balaban J connectivity index is 1.43. The minimum absolute atomic E-state index is 0.498. The Labute approximate surface area is 181 Å². The molecule has 0 radical (unpaired) electrons. The largest absolute Gasteiger partial charge is 0.496 e. The fourth-order valence-corrected chi connectivity index (χ4v) is 3.22. The zero-order valence-corrected chi connectivity index (χ0v) is 17.6. The Bertz CT molecular complexity index is 1200. The highest BCUT2D eigenvalue weighted by Gasteiger charge is 2.04. The van der Waals surface area contributed by atoms with Crippen molar-refractivity contribution in [2.75, 3.05) is 27.4 Å². The monoisotopic (exact) mass is 415 g/mol. The lowest BCUT2D eigenvalue weighted by molar-refractivity contribution is 0.146. The molecule has 0 aliphatic rings. The second-order valence-electron chi connectivity index (χ2n) is 6.98. The van der Waals surface area contributed by atoms with Crippen LogP contribution in [0.15, 0.2) is 54.7 Å². The first-order valence-electron chi connectivity index (χ1n) is 10.0. The molecule has 0 amide bonds. The molecule has 0 unspecified atom stereocenters. The van der Waals surface area contributed by atoms with Gasteiger partial charge >= 0.3 is 0 Å². The number of hydrogen-bond donors (Lipinski definition) is 2. The van der Waals surface area contributed by atoms with Crippen LogP contribution in [0.3, 0.4) is 0 Å². The third-order valence-corrected chi connectivity index (χ3v) is 4.85. The Morgan fingerprint density at radius 3 is 2.71 bits per heavy atom. The Morgan fingerprint density at radius 2 is 1.84 bits per heavy atom. The van der Waals surface area contributed by atoms with Gasteiger partial charge in [-0.1, -0.05) is 18.2 Å². The van der Waals surface area contributed by atoms with E-state index in [9.17, 15) is 0 Å². The highest BCUT2D eigenvalue weighted by Crippen LogP contribution is 2.26. The number of rotatable bonds is 9. The van der Waals surface area contributed by atoms with Gasteiger partial charge in [-0.3, -0.25) is 5.10 Å². The van der Waals surface area contributed by atoms with E-state index >= 15 is 0 Å². The summed E-state index contributed by atoms with van der Waals surface area (Å²) < 4.78 is 16.1. The summed E-state index contributed by atoms with van der Waals surface area (Å²) in [7, 11) is 3.30. The van der Waals surface area contributed by atoms with E-state index in [1.54, 1.807) is 14.2 Å². The number of nitrogens with one attached hydrogen (secondary N) is 2. The quantitative estimate of drug-likeness (QED) is 0.366. The van der Waals surface area contributed by atoms with Gasteiger partial charge in [-0.15, -0.1) is 0 Å². The van der Waals surface area contributed by atoms with Crippen molar-refractivity contribution in [1.29, 1.82) is 0 Å². The third kappa shape index (κ3) is 5.24. The molecule has 2 aromatic heterocycles. The summed E-state index contributed by atoms with van der Waals surface area (Å²) >= 11 is 0. The van der Waals surface area contributed by atoms with Gasteiger partial charge in [-0.05, 0) is 59.5 Å². The van der Waals surface area contributed by atoms with Gasteiger partial charge < -0.3 is 19.2 Å². The molecule has 2 heterocycles. The normalized spacial score (nSPS) is 11.7. The van der Waals surface area contributed by atoms with Crippen molar-refractivity contribution >= 4 is 35.2 Å². The molecule has 2 aromatic carbocycles. The van der Waals surface area contributed by atoms with Crippen molar-refractivity contribution in [3.05, 3.63) is 77.2 Å². The number of nitrogens with zero attached hydrogens (tertiary/aromatic N) is 1. The minimum atomic E-state index is 0.498. The summed E-state index contributed by atoms with van der Waals surface area (Å²) in [5.74, 6) is 1.49. The second kappa shape index (κ2) is 9.82. The van der Waals surface area contributed by atoms with Gasteiger partial charge in [0.05, 0.1) is 25.1 Å². The van der Waals surface area contributed by atoms with Crippen LogP contribution in [0.1, 0.15) is 22.5 Å². The maximum Gasteiger partial charge on any atom is 0.129 e. The first-order valence-corrected chi connectivity index (χ1v) is 10.0. The van der Waals surface area contributed by atoms with E-state index in [-0.39, 0.29) is 0 Å². The molecule has 0 saturated heterocycles. The van der Waals surface area contributed by atoms with Crippen molar-refractivity contribution in [1.82, 2.24) is 15.2 Å². The Morgan fingerprint density at radius 1 is 0.903 bits per heavy atom. The summed E-state index contributed by atoms with van der Waals surface area (Å²) in [6.07, 6.45) is 9.94. The lowest BCUT2D eigenvalue weighted by Crippen LogP contribution is -2.04. The van der Waals surface area contributed by atoms with Crippen LogP contribution < -0.4 is 9.47 Å². The Kier molecular flexibility index (Phi) is 6.50. The van der Waals surface area contributed by atoms with Gasteiger partial charge in [0, 0.05) is 30.5 Å². The van der Waals surface area contributed by atoms with Gasteiger partial charge in [0.1, 0.15) is 18.1 Å². The lowest BCUT2D eigenvalue weighted by Gasteiger charge is -2.09. The summed E-state index contributed by atoms with van der Waals surface area (Å²) in [6, 6.07) is 16.1. The average Bonchev–Trinajstić information content (AvgIpc) is 3.45. The molecule has 2 N–H and O–H groups in total. The van der Waals surface area contributed by atoms with Crippen molar-refractivity contribution in [3.8, 4) is 11.5 Å². The standard InChI is InChI=1S/C25H25N3O3/c1-29-13-14-31-23-10-7-20(25(17-23)30-2)6-9-22-16-21(27-28-22)8-4-18-3-5-19-11-12-26-24(19)15-18/h3-12,15-17,26H,13-14H2,1-2H3,(H,27,28). The molecule has 0 spiro atoms. The summed E-state index contributed by atoms with van der Waals surface area (Å²) in [6.45, 7) is 1.04. The highest BCUT2D eigenvalue weighted by molar-refractivity contribution is 5.83. The number of H-pyrrole nitrogens is 2. The maximum absolute atomic E-state index is 5.64. The molecule has 6 nitrogen and oxygen atoms in total. The molecule has 4 aromatic rings. The van der Waals surface area contributed by atoms with E-state index in [4.69, 9.17) is 14.2 Å². The number of hydrogen-bond acceptors (Lipinski definition) is 4. The van der Waals surface area contributed by atoms with E-state index in [2.05, 4.69) is 45.5 Å². The fourth-order valence-electron chi connectivity index (χ4n) is 3.22. The van der Waals surface area contributed by atoms with Gasteiger partial charge in [0.2, 0.25) is 0 Å². The number of aromatic amines is 2. The molecule has 0 bridgehead atoms. The molecule has 0 atom stereocenters. The number of methoxy groups -OCH3 is 2. The van der Waals surface area contributed by atoms with Crippen LogP contribution in [0.25, 0.3) is 35.2 Å². The number of benzene rings is 2. The first-order chi connectivity index (χ1) is 15.2. The predicted molar refractivity (Wildman–Crippen MR) is 125 cm³/mol. The van der Waals surface area contributed by atoms with E-state index in [0.717, 1.165) is 39.5 Å². The lowest BCUT2D eigenvalue weighted by atomic mass is 10.1. The Hall–Kier alpha value is -3.77. The van der Waals surface area contributed by atoms with Gasteiger partial charge in [0.25, 0.3) is 0 Å². The van der Waals surface area contributed by atoms with Crippen LogP contribution in [0.4, 0.5) is 0 Å². The zero-order valence-electron chi connectivity index (χ0n) is 17.6. The van der Waals surface area contributed by atoms with Crippen molar-refractivity contribution in [3.63, 3.8) is 0 Å². The molecule has 4 rings (SSSR count). The smallest absolute Gasteiger partial charge is 0.129 e. The van der Waals surface area contributed by atoms with Crippen LogP contribution in [0, 0.1) is 0 Å². The summed E-state index contributed by atoms with van der Waals surface area (Å²) in [4.78, 5) is 3.23. The van der Waals surface area contributed by atoms with Crippen LogP contribution in [-0.2, 0) is 4.74 Å².